The Balaban J connectivity index is 0.00000200. The van der Waals surface area contributed by atoms with Crippen LogP contribution >= 0.6 is 51.2 Å². The minimum atomic E-state index is 0. The molecule has 108 valence electrons. The Hall–Kier alpha value is -0.600. The fraction of sp³-hybridized carbons (Fsp3) is 0.214. The second kappa shape index (κ2) is 7.99. The van der Waals surface area contributed by atoms with Crippen molar-refractivity contribution >= 4 is 62.9 Å². The minimum absolute atomic E-state index is 0. The monoisotopic (exact) mass is 465 g/mol. The maximum atomic E-state index is 5.89. The number of rotatable bonds is 3. The summed E-state index contributed by atoms with van der Waals surface area (Å²) < 4.78 is 1.09. The standard InChI is InChI=1S/C14H16BrN3S.HI/c1-9-3-10(2)5-12(4-9)18-14(16)17-7-13-6-11(15)8-19-13;/h3-6,8H,7H2,1-2H3,(H3,16,17,18);1H. The SMILES string of the molecule is Cc1cc(C)cc(NC(N)=NCc2cc(Br)cs2)c1.I. The highest BCUT2D eigenvalue weighted by molar-refractivity contribution is 14.0. The van der Waals surface area contributed by atoms with E-state index in [0.29, 0.717) is 12.5 Å². The van der Waals surface area contributed by atoms with Crippen molar-refractivity contribution in [2.45, 2.75) is 20.4 Å². The van der Waals surface area contributed by atoms with E-state index < -0.39 is 0 Å². The second-order valence-corrected chi connectivity index (χ2v) is 6.35. The van der Waals surface area contributed by atoms with Crippen molar-refractivity contribution in [3.63, 3.8) is 0 Å². The van der Waals surface area contributed by atoms with Crippen molar-refractivity contribution < 1.29 is 0 Å². The number of nitrogens with zero attached hydrogens (tertiary/aromatic N) is 1. The maximum absolute atomic E-state index is 5.89. The molecule has 0 saturated heterocycles. The van der Waals surface area contributed by atoms with Crippen LogP contribution in [-0.2, 0) is 6.54 Å². The van der Waals surface area contributed by atoms with Gasteiger partial charge in [-0.15, -0.1) is 35.3 Å². The van der Waals surface area contributed by atoms with Crippen molar-refractivity contribution in [1.29, 1.82) is 0 Å². The zero-order valence-corrected chi connectivity index (χ0v) is 16.0. The summed E-state index contributed by atoms with van der Waals surface area (Å²) in [5.41, 5.74) is 9.28. The lowest BCUT2D eigenvalue weighted by Gasteiger charge is -2.07. The normalized spacial score (nSPS) is 11.1. The molecule has 0 atom stereocenters. The molecule has 0 fully saturated rings. The molecule has 0 spiro atoms. The molecular weight excluding hydrogens is 449 g/mol. The lowest BCUT2D eigenvalue weighted by atomic mass is 10.1. The minimum Gasteiger partial charge on any atom is -0.370 e. The summed E-state index contributed by atoms with van der Waals surface area (Å²) in [6.45, 7) is 4.73. The zero-order valence-electron chi connectivity index (χ0n) is 11.3. The number of guanidine groups is 1. The van der Waals surface area contributed by atoms with Crippen LogP contribution in [0.2, 0.25) is 0 Å². The molecule has 2 aromatic rings. The predicted octanol–water partition coefficient (Wildman–Crippen LogP) is 4.67. The molecular formula is C14H17BrIN3S. The van der Waals surface area contributed by atoms with Crippen molar-refractivity contribution in [2.24, 2.45) is 10.7 Å². The van der Waals surface area contributed by atoms with Gasteiger partial charge in [0.05, 0.1) is 6.54 Å². The maximum Gasteiger partial charge on any atom is 0.193 e. The number of halogens is 2. The van der Waals surface area contributed by atoms with Crippen LogP contribution in [0.25, 0.3) is 0 Å². The molecule has 3 N–H and O–H groups in total. The molecule has 0 unspecified atom stereocenters. The van der Waals surface area contributed by atoms with E-state index in [0.717, 1.165) is 10.2 Å². The fourth-order valence-corrected chi connectivity index (χ4v) is 3.21. The van der Waals surface area contributed by atoms with Crippen LogP contribution in [0.5, 0.6) is 0 Å². The highest BCUT2D eigenvalue weighted by Crippen LogP contribution is 2.20. The Labute approximate surface area is 148 Å². The van der Waals surface area contributed by atoms with E-state index >= 15 is 0 Å². The molecule has 0 bridgehead atoms. The topological polar surface area (TPSA) is 50.4 Å². The van der Waals surface area contributed by atoms with Crippen LogP contribution in [0.15, 0.2) is 39.1 Å². The van der Waals surface area contributed by atoms with Crippen LogP contribution in [0.4, 0.5) is 5.69 Å². The molecule has 0 aliphatic heterocycles. The number of hydrogen-bond donors (Lipinski definition) is 2. The summed E-state index contributed by atoms with van der Waals surface area (Å²) in [5, 5.41) is 5.16. The summed E-state index contributed by atoms with van der Waals surface area (Å²) in [7, 11) is 0. The third-order valence-corrected chi connectivity index (χ3v) is 4.20. The average Bonchev–Trinajstić information content (AvgIpc) is 2.71. The van der Waals surface area contributed by atoms with E-state index in [4.69, 9.17) is 5.73 Å². The van der Waals surface area contributed by atoms with Gasteiger partial charge in [0.1, 0.15) is 0 Å². The Morgan fingerprint density at radius 2 is 1.90 bits per heavy atom. The van der Waals surface area contributed by atoms with Gasteiger partial charge in [0.15, 0.2) is 5.96 Å². The van der Waals surface area contributed by atoms with Gasteiger partial charge in [-0.3, -0.25) is 0 Å². The van der Waals surface area contributed by atoms with E-state index in [9.17, 15) is 0 Å². The lowest BCUT2D eigenvalue weighted by molar-refractivity contribution is 1.09. The van der Waals surface area contributed by atoms with Crippen molar-refractivity contribution in [2.75, 3.05) is 5.32 Å². The number of nitrogens with two attached hydrogens (primary N) is 1. The number of anilines is 1. The summed E-state index contributed by atoms with van der Waals surface area (Å²) in [6, 6.07) is 8.29. The molecule has 0 radical (unpaired) electrons. The number of aliphatic imine (C=N–C) groups is 1. The number of hydrogen-bond acceptors (Lipinski definition) is 2. The smallest absolute Gasteiger partial charge is 0.193 e. The first-order chi connectivity index (χ1) is 9.02. The van der Waals surface area contributed by atoms with Crippen molar-refractivity contribution in [3.05, 3.63) is 50.1 Å². The van der Waals surface area contributed by atoms with Gasteiger partial charge in [0.2, 0.25) is 0 Å². The zero-order chi connectivity index (χ0) is 13.8. The molecule has 0 saturated carbocycles. The summed E-state index contributed by atoms with van der Waals surface area (Å²) in [6.07, 6.45) is 0. The van der Waals surface area contributed by atoms with Gasteiger partial charge in [-0.2, -0.15) is 0 Å². The largest absolute Gasteiger partial charge is 0.370 e. The number of aryl methyl sites for hydroxylation is 2. The Bertz CT molecular complexity index is 590. The van der Waals surface area contributed by atoms with Gasteiger partial charge in [-0.1, -0.05) is 6.07 Å². The Kier molecular flexibility index (Phi) is 6.97. The first kappa shape index (κ1) is 17.5. The highest BCUT2D eigenvalue weighted by atomic mass is 127. The third-order valence-electron chi connectivity index (χ3n) is 2.52. The van der Waals surface area contributed by atoms with Gasteiger partial charge in [0, 0.05) is 20.4 Å². The number of thiophene rings is 1. The molecule has 0 amide bonds. The lowest BCUT2D eigenvalue weighted by Crippen LogP contribution is -2.22. The summed E-state index contributed by atoms with van der Waals surface area (Å²) in [5.74, 6) is 0.439. The molecule has 2 rings (SSSR count). The average molecular weight is 466 g/mol. The highest BCUT2D eigenvalue weighted by Gasteiger charge is 1.99. The molecule has 1 heterocycles. The van der Waals surface area contributed by atoms with Gasteiger partial charge in [-0.25, -0.2) is 4.99 Å². The summed E-state index contributed by atoms with van der Waals surface area (Å²) in [4.78, 5) is 5.51. The van der Waals surface area contributed by atoms with Crippen molar-refractivity contribution in [3.8, 4) is 0 Å². The second-order valence-electron chi connectivity index (χ2n) is 4.43. The van der Waals surface area contributed by atoms with E-state index in [1.807, 2.05) is 5.38 Å². The first-order valence-corrected chi connectivity index (χ1v) is 7.58. The van der Waals surface area contributed by atoms with Crippen LogP contribution < -0.4 is 11.1 Å². The molecule has 1 aromatic carbocycles. The Morgan fingerprint density at radius 3 is 2.45 bits per heavy atom. The van der Waals surface area contributed by atoms with Crippen LogP contribution in [0.1, 0.15) is 16.0 Å². The molecule has 6 heteroatoms. The number of nitrogens with one attached hydrogen (secondary N) is 1. The van der Waals surface area contributed by atoms with Crippen LogP contribution in [0, 0.1) is 13.8 Å². The molecule has 0 aliphatic rings. The molecule has 3 nitrogen and oxygen atoms in total. The van der Waals surface area contributed by atoms with Gasteiger partial charge in [-0.05, 0) is 59.1 Å². The molecule has 0 aliphatic carbocycles. The van der Waals surface area contributed by atoms with Crippen LogP contribution in [-0.4, -0.2) is 5.96 Å². The van der Waals surface area contributed by atoms with Crippen LogP contribution in [0.3, 0.4) is 0 Å². The van der Waals surface area contributed by atoms with Crippen molar-refractivity contribution in [1.82, 2.24) is 0 Å². The van der Waals surface area contributed by atoms with Gasteiger partial charge >= 0.3 is 0 Å². The van der Waals surface area contributed by atoms with E-state index in [2.05, 4.69) is 64.4 Å². The third kappa shape index (κ3) is 5.41. The summed E-state index contributed by atoms with van der Waals surface area (Å²) >= 11 is 5.09. The van der Waals surface area contributed by atoms with E-state index in [1.165, 1.54) is 16.0 Å². The number of benzene rings is 1. The first-order valence-electron chi connectivity index (χ1n) is 5.91. The quantitative estimate of drug-likeness (QED) is 0.393. The predicted molar refractivity (Wildman–Crippen MR) is 102 cm³/mol. The molecule has 20 heavy (non-hydrogen) atoms. The van der Waals surface area contributed by atoms with E-state index in [1.54, 1.807) is 11.3 Å². The van der Waals surface area contributed by atoms with E-state index in [-0.39, 0.29) is 24.0 Å². The Morgan fingerprint density at radius 1 is 1.25 bits per heavy atom. The van der Waals surface area contributed by atoms with Gasteiger partial charge < -0.3 is 11.1 Å². The fourth-order valence-electron chi connectivity index (χ4n) is 1.83. The van der Waals surface area contributed by atoms with Gasteiger partial charge in [0.25, 0.3) is 0 Å². The molecule has 1 aromatic heterocycles.